The second-order valence-corrected chi connectivity index (χ2v) is 6.69. The molecule has 0 amide bonds. The fraction of sp³-hybridized carbons (Fsp3) is 1.00. The van der Waals surface area contributed by atoms with Crippen molar-refractivity contribution >= 4 is 0 Å². The Morgan fingerprint density at radius 3 is 2.12 bits per heavy atom. The van der Waals surface area contributed by atoms with E-state index in [4.69, 9.17) is 4.74 Å². The van der Waals surface area contributed by atoms with E-state index in [1.54, 1.807) is 7.11 Å². The van der Waals surface area contributed by atoms with Crippen molar-refractivity contribution in [2.75, 3.05) is 13.7 Å². The van der Waals surface area contributed by atoms with Crippen LogP contribution >= 0.6 is 0 Å². The van der Waals surface area contributed by atoms with E-state index in [1.165, 1.54) is 12.8 Å². The first-order valence-electron chi connectivity index (χ1n) is 6.45. The lowest BCUT2D eigenvalue weighted by Crippen LogP contribution is -2.36. The standard InChI is InChI=1S/C14H31NO/c1-12(11-14(5,6)16-7)15-10-8-9-13(2,3)4/h12,15H,8-11H2,1-7H3. The maximum absolute atomic E-state index is 5.43. The van der Waals surface area contributed by atoms with Gasteiger partial charge in [0.05, 0.1) is 5.60 Å². The van der Waals surface area contributed by atoms with Crippen LogP contribution in [-0.4, -0.2) is 25.3 Å². The summed E-state index contributed by atoms with van der Waals surface area (Å²) in [5.41, 5.74) is 0.438. The summed E-state index contributed by atoms with van der Waals surface area (Å²) in [4.78, 5) is 0. The second kappa shape index (κ2) is 6.61. The highest BCUT2D eigenvalue weighted by Crippen LogP contribution is 2.20. The molecular formula is C14H31NO. The van der Waals surface area contributed by atoms with Crippen molar-refractivity contribution in [2.45, 2.75) is 72.4 Å². The van der Waals surface area contributed by atoms with Crippen molar-refractivity contribution in [2.24, 2.45) is 5.41 Å². The van der Waals surface area contributed by atoms with E-state index >= 15 is 0 Å². The second-order valence-electron chi connectivity index (χ2n) is 6.69. The molecule has 1 atom stereocenters. The molecule has 0 rings (SSSR count). The summed E-state index contributed by atoms with van der Waals surface area (Å²) in [5, 5.41) is 3.57. The van der Waals surface area contributed by atoms with Crippen LogP contribution in [0.1, 0.15) is 60.8 Å². The van der Waals surface area contributed by atoms with Gasteiger partial charge in [0.25, 0.3) is 0 Å². The van der Waals surface area contributed by atoms with Gasteiger partial charge >= 0.3 is 0 Å². The van der Waals surface area contributed by atoms with E-state index in [9.17, 15) is 0 Å². The lowest BCUT2D eigenvalue weighted by molar-refractivity contribution is 0.00855. The smallest absolute Gasteiger partial charge is 0.0637 e. The highest BCUT2D eigenvalue weighted by molar-refractivity contribution is 4.75. The topological polar surface area (TPSA) is 21.3 Å². The lowest BCUT2D eigenvalue weighted by atomic mass is 9.90. The Labute approximate surface area is 102 Å². The Morgan fingerprint density at radius 1 is 1.12 bits per heavy atom. The molecule has 1 N–H and O–H groups in total. The van der Waals surface area contributed by atoms with Crippen LogP contribution in [-0.2, 0) is 4.74 Å². The van der Waals surface area contributed by atoms with Gasteiger partial charge in [0.15, 0.2) is 0 Å². The van der Waals surface area contributed by atoms with Crippen molar-refractivity contribution in [3.8, 4) is 0 Å². The molecule has 0 aliphatic rings. The van der Waals surface area contributed by atoms with Gasteiger partial charge in [-0.1, -0.05) is 20.8 Å². The number of nitrogens with one attached hydrogen (secondary N) is 1. The largest absolute Gasteiger partial charge is 0.379 e. The SMILES string of the molecule is COC(C)(C)CC(C)NCCCC(C)(C)C. The van der Waals surface area contributed by atoms with Crippen molar-refractivity contribution in [3.63, 3.8) is 0 Å². The van der Waals surface area contributed by atoms with Gasteiger partial charge in [-0.25, -0.2) is 0 Å². The van der Waals surface area contributed by atoms with Crippen molar-refractivity contribution in [3.05, 3.63) is 0 Å². The number of rotatable bonds is 7. The van der Waals surface area contributed by atoms with E-state index in [2.05, 4.69) is 46.9 Å². The van der Waals surface area contributed by atoms with Gasteiger partial charge in [0, 0.05) is 13.2 Å². The average Bonchev–Trinajstić information content (AvgIpc) is 2.10. The summed E-state index contributed by atoms with van der Waals surface area (Å²) in [6.45, 7) is 14.5. The molecule has 0 saturated carbocycles. The molecule has 0 spiro atoms. The summed E-state index contributed by atoms with van der Waals surface area (Å²) in [6.07, 6.45) is 3.58. The molecule has 0 aromatic heterocycles. The molecule has 0 saturated heterocycles. The maximum Gasteiger partial charge on any atom is 0.0637 e. The van der Waals surface area contributed by atoms with Gasteiger partial charge in [-0.15, -0.1) is 0 Å². The van der Waals surface area contributed by atoms with E-state index in [0.29, 0.717) is 11.5 Å². The third-order valence-corrected chi connectivity index (χ3v) is 2.95. The quantitative estimate of drug-likeness (QED) is 0.673. The minimum Gasteiger partial charge on any atom is -0.379 e. The highest BCUT2D eigenvalue weighted by Gasteiger charge is 2.19. The van der Waals surface area contributed by atoms with Gasteiger partial charge in [0.2, 0.25) is 0 Å². The summed E-state index contributed by atoms with van der Waals surface area (Å²) in [7, 11) is 1.78. The van der Waals surface area contributed by atoms with Crippen molar-refractivity contribution < 1.29 is 4.74 Å². The Hall–Kier alpha value is -0.0800. The molecule has 0 heterocycles. The van der Waals surface area contributed by atoms with Crippen molar-refractivity contribution in [1.29, 1.82) is 0 Å². The predicted molar refractivity (Wildman–Crippen MR) is 71.9 cm³/mol. The first kappa shape index (κ1) is 15.9. The molecule has 98 valence electrons. The fourth-order valence-corrected chi connectivity index (χ4v) is 1.86. The lowest BCUT2D eigenvalue weighted by Gasteiger charge is -2.27. The van der Waals surface area contributed by atoms with Crippen LogP contribution in [0.15, 0.2) is 0 Å². The summed E-state index contributed by atoms with van der Waals surface area (Å²) < 4.78 is 5.43. The van der Waals surface area contributed by atoms with Crippen LogP contribution < -0.4 is 5.32 Å². The molecule has 0 aliphatic carbocycles. The van der Waals surface area contributed by atoms with Crippen LogP contribution in [0.25, 0.3) is 0 Å². The molecule has 0 bridgehead atoms. The van der Waals surface area contributed by atoms with Gasteiger partial charge in [-0.2, -0.15) is 0 Å². The third kappa shape index (κ3) is 9.17. The number of methoxy groups -OCH3 is 1. The number of hydrogen-bond donors (Lipinski definition) is 1. The number of ether oxygens (including phenoxy) is 1. The number of hydrogen-bond acceptors (Lipinski definition) is 2. The molecule has 2 heteroatoms. The zero-order chi connectivity index (χ0) is 12.8. The fourth-order valence-electron chi connectivity index (χ4n) is 1.86. The summed E-state index contributed by atoms with van der Waals surface area (Å²) >= 11 is 0. The monoisotopic (exact) mass is 229 g/mol. The molecule has 0 fully saturated rings. The molecule has 0 aromatic carbocycles. The molecule has 2 nitrogen and oxygen atoms in total. The van der Waals surface area contributed by atoms with Crippen molar-refractivity contribution in [1.82, 2.24) is 5.32 Å². The van der Waals surface area contributed by atoms with Crippen LogP contribution in [0, 0.1) is 5.41 Å². The Balaban J connectivity index is 3.63. The van der Waals surface area contributed by atoms with E-state index < -0.39 is 0 Å². The molecule has 1 unspecified atom stereocenters. The maximum atomic E-state index is 5.43. The van der Waals surface area contributed by atoms with E-state index in [-0.39, 0.29) is 5.60 Å². The molecule has 0 aliphatic heterocycles. The minimum absolute atomic E-state index is 0.0174. The summed E-state index contributed by atoms with van der Waals surface area (Å²) in [5.74, 6) is 0. The highest BCUT2D eigenvalue weighted by atomic mass is 16.5. The van der Waals surface area contributed by atoms with Crippen LogP contribution in [0.2, 0.25) is 0 Å². The van der Waals surface area contributed by atoms with Gasteiger partial charge < -0.3 is 10.1 Å². The normalized spacial score (nSPS) is 15.2. The Kier molecular flexibility index (Phi) is 6.57. The predicted octanol–water partition coefficient (Wildman–Crippen LogP) is 3.61. The van der Waals surface area contributed by atoms with Gasteiger partial charge in [-0.3, -0.25) is 0 Å². The third-order valence-electron chi connectivity index (χ3n) is 2.95. The Morgan fingerprint density at radius 2 is 1.69 bits per heavy atom. The van der Waals surface area contributed by atoms with Crippen LogP contribution in [0.5, 0.6) is 0 Å². The average molecular weight is 229 g/mol. The molecular weight excluding hydrogens is 198 g/mol. The zero-order valence-corrected chi connectivity index (χ0v) is 12.3. The van der Waals surface area contributed by atoms with Gasteiger partial charge in [0.1, 0.15) is 0 Å². The van der Waals surface area contributed by atoms with E-state index in [1.807, 2.05) is 0 Å². The molecule has 0 radical (unpaired) electrons. The van der Waals surface area contributed by atoms with Gasteiger partial charge in [-0.05, 0) is 52.0 Å². The minimum atomic E-state index is -0.0174. The summed E-state index contributed by atoms with van der Waals surface area (Å²) in [6, 6.07) is 0.523. The first-order chi connectivity index (χ1) is 7.16. The Bertz CT molecular complexity index is 182. The molecule has 16 heavy (non-hydrogen) atoms. The first-order valence-corrected chi connectivity index (χ1v) is 6.45. The van der Waals surface area contributed by atoms with E-state index in [0.717, 1.165) is 13.0 Å². The molecule has 0 aromatic rings. The van der Waals surface area contributed by atoms with Crippen LogP contribution in [0.3, 0.4) is 0 Å². The van der Waals surface area contributed by atoms with Crippen LogP contribution in [0.4, 0.5) is 0 Å². The zero-order valence-electron chi connectivity index (χ0n) is 12.3.